The van der Waals surface area contributed by atoms with Crippen molar-refractivity contribution in [3.05, 3.63) is 11.9 Å². The summed E-state index contributed by atoms with van der Waals surface area (Å²) in [5.74, 6) is 1.92. The van der Waals surface area contributed by atoms with Gasteiger partial charge in [0.1, 0.15) is 17.5 Å². The van der Waals surface area contributed by atoms with Gasteiger partial charge in [0.15, 0.2) is 0 Å². The second-order valence-corrected chi connectivity index (χ2v) is 6.88. The minimum Gasteiger partial charge on any atom is -0.394 e. The lowest BCUT2D eigenvalue weighted by Crippen LogP contribution is -2.44. The number of nitrogens with two attached hydrogens (primary N) is 1. The summed E-state index contributed by atoms with van der Waals surface area (Å²) < 4.78 is 0. The summed E-state index contributed by atoms with van der Waals surface area (Å²) in [5, 5.41) is 13.2. The number of nitrogens with one attached hydrogen (secondary N) is 1. The zero-order valence-corrected chi connectivity index (χ0v) is 12.7. The number of aliphatic hydroxyl groups excluding tert-OH is 1. The van der Waals surface area contributed by atoms with Gasteiger partial charge in [0.25, 0.3) is 0 Å². The van der Waals surface area contributed by atoms with Crippen LogP contribution in [0.25, 0.3) is 0 Å². The molecule has 1 aromatic rings. The van der Waals surface area contributed by atoms with E-state index in [1.54, 1.807) is 6.07 Å². The largest absolute Gasteiger partial charge is 0.394 e. The molecule has 1 fully saturated rings. The number of aliphatic hydroxyl groups is 1. The van der Waals surface area contributed by atoms with Crippen LogP contribution in [-0.4, -0.2) is 27.2 Å². The molecule has 4 N–H and O–H groups in total. The van der Waals surface area contributed by atoms with E-state index in [-0.39, 0.29) is 17.6 Å². The smallest absolute Gasteiger partial charge is 0.138 e. The van der Waals surface area contributed by atoms with E-state index in [1.807, 2.05) is 0 Å². The molecule has 0 unspecified atom stereocenters. The van der Waals surface area contributed by atoms with Crippen LogP contribution in [0.5, 0.6) is 0 Å². The number of nitrogen functional groups attached to an aromatic ring is 1. The molecule has 1 aliphatic rings. The lowest BCUT2D eigenvalue weighted by molar-refractivity contribution is 0.172. The molecule has 20 heavy (non-hydrogen) atoms. The van der Waals surface area contributed by atoms with Gasteiger partial charge in [-0.25, -0.2) is 9.97 Å². The lowest BCUT2D eigenvalue weighted by Gasteiger charge is -2.37. The molecule has 0 amide bonds. The third-order valence-electron chi connectivity index (χ3n) is 3.92. The third-order valence-corrected chi connectivity index (χ3v) is 3.92. The monoisotopic (exact) mass is 278 g/mol. The van der Waals surface area contributed by atoms with Crippen molar-refractivity contribution in [3.8, 4) is 0 Å². The average Bonchev–Trinajstić information content (AvgIpc) is 2.38. The van der Waals surface area contributed by atoms with Crippen LogP contribution >= 0.6 is 0 Å². The maximum absolute atomic E-state index is 9.76. The molecule has 0 saturated heterocycles. The number of anilines is 2. The van der Waals surface area contributed by atoms with Crippen molar-refractivity contribution in [2.24, 2.45) is 0 Å². The minimum atomic E-state index is -0.256. The Balaban J connectivity index is 2.26. The molecule has 1 heterocycles. The van der Waals surface area contributed by atoms with Gasteiger partial charge in [-0.2, -0.15) is 0 Å². The fourth-order valence-electron chi connectivity index (χ4n) is 2.69. The van der Waals surface area contributed by atoms with Gasteiger partial charge in [0, 0.05) is 11.5 Å². The van der Waals surface area contributed by atoms with E-state index in [1.165, 1.54) is 6.42 Å². The Bertz CT molecular complexity index is 461. The molecule has 5 heteroatoms. The Morgan fingerprint density at radius 1 is 1.25 bits per heavy atom. The highest BCUT2D eigenvalue weighted by Crippen LogP contribution is 2.31. The van der Waals surface area contributed by atoms with Crippen molar-refractivity contribution in [1.82, 2.24) is 9.97 Å². The van der Waals surface area contributed by atoms with Crippen LogP contribution in [-0.2, 0) is 5.41 Å². The zero-order chi connectivity index (χ0) is 14.8. The normalized spacial score (nSPS) is 18.8. The molecule has 112 valence electrons. The fraction of sp³-hybridized carbons (Fsp3) is 0.733. The van der Waals surface area contributed by atoms with E-state index >= 15 is 0 Å². The van der Waals surface area contributed by atoms with Gasteiger partial charge in [0.05, 0.1) is 12.1 Å². The van der Waals surface area contributed by atoms with Gasteiger partial charge >= 0.3 is 0 Å². The maximum atomic E-state index is 9.76. The average molecular weight is 278 g/mol. The Hall–Kier alpha value is -1.36. The van der Waals surface area contributed by atoms with Crippen LogP contribution in [0.2, 0.25) is 0 Å². The van der Waals surface area contributed by atoms with E-state index < -0.39 is 0 Å². The quantitative estimate of drug-likeness (QED) is 0.791. The van der Waals surface area contributed by atoms with Crippen molar-refractivity contribution >= 4 is 11.6 Å². The number of rotatable bonds is 3. The Morgan fingerprint density at radius 2 is 1.90 bits per heavy atom. The van der Waals surface area contributed by atoms with Gasteiger partial charge in [-0.1, -0.05) is 40.0 Å². The lowest BCUT2D eigenvalue weighted by atomic mass is 9.82. The third kappa shape index (κ3) is 3.39. The van der Waals surface area contributed by atoms with Crippen LogP contribution in [0.1, 0.15) is 58.7 Å². The highest BCUT2D eigenvalue weighted by Gasteiger charge is 2.32. The second-order valence-electron chi connectivity index (χ2n) is 6.88. The van der Waals surface area contributed by atoms with Gasteiger partial charge in [-0.05, 0) is 12.8 Å². The Labute approximate surface area is 121 Å². The molecule has 0 radical (unpaired) electrons. The fourth-order valence-corrected chi connectivity index (χ4v) is 2.69. The van der Waals surface area contributed by atoms with Gasteiger partial charge in [-0.15, -0.1) is 0 Å². The molecular formula is C15H26N4O. The van der Waals surface area contributed by atoms with Crippen molar-refractivity contribution in [2.45, 2.75) is 63.8 Å². The molecule has 0 atom stereocenters. The summed E-state index contributed by atoms with van der Waals surface area (Å²) in [7, 11) is 0. The Morgan fingerprint density at radius 3 is 2.45 bits per heavy atom. The van der Waals surface area contributed by atoms with Crippen LogP contribution in [0, 0.1) is 0 Å². The number of hydrogen-bond donors (Lipinski definition) is 3. The first kappa shape index (κ1) is 15.0. The summed E-state index contributed by atoms with van der Waals surface area (Å²) in [4.78, 5) is 8.89. The SMILES string of the molecule is CC(C)(C)c1nc(N)cc(NC2(CO)CCCCC2)n1. The highest BCUT2D eigenvalue weighted by atomic mass is 16.3. The van der Waals surface area contributed by atoms with Crippen LogP contribution in [0.3, 0.4) is 0 Å². The molecule has 0 aromatic carbocycles. The molecule has 1 aromatic heterocycles. The van der Waals surface area contributed by atoms with E-state index in [9.17, 15) is 5.11 Å². The van der Waals surface area contributed by atoms with E-state index in [0.717, 1.165) is 37.3 Å². The van der Waals surface area contributed by atoms with Crippen LogP contribution in [0.4, 0.5) is 11.6 Å². The molecule has 5 nitrogen and oxygen atoms in total. The van der Waals surface area contributed by atoms with Gasteiger partial charge < -0.3 is 16.2 Å². The summed E-state index contributed by atoms with van der Waals surface area (Å²) in [6.07, 6.45) is 5.46. The molecule has 1 aliphatic carbocycles. The maximum Gasteiger partial charge on any atom is 0.138 e. The molecule has 1 saturated carbocycles. The second kappa shape index (κ2) is 5.56. The van der Waals surface area contributed by atoms with Crippen LogP contribution in [0.15, 0.2) is 6.07 Å². The van der Waals surface area contributed by atoms with Crippen molar-refractivity contribution in [1.29, 1.82) is 0 Å². The van der Waals surface area contributed by atoms with Gasteiger partial charge in [-0.3, -0.25) is 0 Å². The predicted molar refractivity (Wildman–Crippen MR) is 81.7 cm³/mol. The summed E-state index contributed by atoms with van der Waals surface area (Å²) in [6, 6.07) is 1.75. The first-order valence-electron chi connectivity index (χ1n) is 7.39. The van der Waals surface area contributed by atoms with E-state index in [2.05, 4.69) is 36.1 Å². The topological polar surface area (TPSA) is 84.1 Å². The summed E-state index contributed by atoms with van der Waals surface area (Å²) in [6.45, 7) is 6.32. The number of nitrogens with zero attached hydrogens (tertiary/aromatic N) is 2. The number of hydrogen-bond acceptors (Lipinski definition) is 5. The molecule has 0 aliphatic heterocycles. The van der Waals surface area contributed by atoms with E-state index in [4.69, 9.17) is 5.73 Å². The first-order valence-corrected chi connectivity index (χ1v) is 7.39. The molecule has 2 rings (SSSR count). The van der Waals surface area contributed by atoms with Crippen molar-refractivity contribution in [2.75, 3.05) is 17.7 Å². The van der Waals surface area contributed by atoms with E-state index in [0.29, 0.717) is 5.82 Å². The first-order chi connectivity index (χ1) is 9.35. The van der Waals surface area contributed by atoms with Crippen molar-refractivity contribution < 1.29 is 5.11 Å². The Kier molecular flexibility index (Phi) is 4.18. The van der Waals surface area contributed by atoms with Gasteiger partial charge in [0.2, 0.25) is 0 Å². The van der Waals surface area contributed by atoms with Crippen LogP contribution < -0.4 is 11.1 Å². The zero-order valence-electron chi connectivity index (χ0n) is 12.7. The molecule has 0 bridgehead atoms. The minimum absolute atomic E-state index is 0.127. The standard InChI is InChI=1S/C15H26N4O/c1-14(2,3)13-17-11(16)9-12(18-13)19-15(10-20)7-5-4-6-8-15/h9,20H,4-8,10H2,1-3H3,(H3,16,17,18,19). The summed E-state index contributed by atoms with van der Waals surface area (Å²) in [5.41, 5.74) is 5.49. The van der Waals surface area contributed by atoms with Crippen molar-refractivity contribution in [3.63, 3.8) is 0 Å². The highest BCUT2D eigenvalue weighted by molar-refractivity contribution is 5.47. The predicted octanol–water partition coefficient (Wildman–Crippen LogP) is 2.46. The number of aromatic nitrogens is 2. The molecular weight excluding hydrogens is 252 g/mol. The summed E-state index contributed by atoms with van der Waals surface area (Å²) >= 11 is 0. The molecule has 0 spiro atoms.